The fraction of sp³-hybridized carbons (Fsp3) is 0.529. The summed E-state index contributed by atoms with van der Waals surface area (Å²) in [6.07, 6.45) is 0.718. The highest BCUT2D eigenvalue weighted by Gasteiger charge is 2.35. The predicted octanol–water partition coefficient (Wildman–Crippen LogP) is 1.13. The highest BCUT2D eigenvalue weighted by Crippen LogP contribution is 2.24. The number of phenolic OH excluding ortho intramolecular Hbond substituents is 1. The molecule has 2 unspecified atom stereocenters. The summed E-state index contributed by atoms with van der Waals surface area (Å²) >= 11 is 0. The van der Waals surface area contributed by atoms with E-state index in [0.29, 0.717) is 13.0 Å². The third-order valence-electron chi connectivity index (χ3n) is 4.21. The van der Waals surface area contributed by atoms with Crippen molar-refractivity contribution in [1.29, 1.82) is 0 Å². The predicted molar refractivity (Wildman–Crippen MR) is 86.0 cm³/mol. The maximum absolute atomic E-state index is 12.6. The standard InChI is InChI=1S/C17H24N2O4/c1-11(2)15(21)10-18-16(22)13-7-5-9-19(13)17(23)12-6-3-4-8-14(12)20/h3-4,6,8,11,13,15,20-21H,5,7,9-10H2,1-2H3,(H,18,22). The summed E-state index contributed by atoms with van der Waals surface area (Å²) in [5.41, 5.74) is 0.203. The molecular formula is C17H24N2O4. The van der Waals surface area contributed by atoms with Gasteiger partial charge in [0.1, 0.15) is 11.8 Å². The van der Waals surface area contributed by atoms with E-state index in [1.165, 1.54) is 11.0 Å². The van der Waals surface area contributed by atoms with E-state index in [9.17, 15) is 19.8 Å². The van der Waals surface area contributed by atoms with Crippen LogP contribution in [0.3, 0.4) is 0 Å². The molecule has 3 N–H and O–H groups in total. The fourth-order valence-corrected chi connectivity index (χ4v) is 2.65. The van der Waals surface area contributed by atoms with Crippen LogP contribution in [0.15, 0.2) is 24.3 Å². The Bertz CT molecular complexity index is 573. The molecule has 2 rings (SSSR count). The molecule has 1 saturated heterocycles. The van der Waals surface area contributed by atoms with E-state index in [2.05, 4.69) is 5.32 Å². The van der Waals surface area contributed by atoms with Crippen molar-refractivity contribution >= 4 is 11.8 Å². The zero-order valence-corrected chi connectivity index (χ0v) is 13.5. The second-order valence-corrected chi connectivity index (χ2v) is 6.23. The van der Waals surface area contributed by atoms with Gasteiger partial charge in [-0.2, -0.15) is 0 Å². The first-order valence-corrected chi connectivity index (χ1v) is 7.96. The number of carbonyl (C=O) groups excluding carboxylic acids is 2. The first-order chi connectivity index (χ1) is 10.9. The molecule has 1 aromatic rings. The molecule has 1 fully saturated rings. The number of nitrogens with one attached hydrogen (secondary N) is 1. The highest BCUT2D eigenvalue weighted by atomic mass is 16.3. The summed E-state index contributed by atoms with van der Waals surface area (Å²) in [5.74, 6) is -0.632. The lowest BCUT2D eigenvalue weighted by Gasteiger charge is -2.25. The van der Waals surface area contributed by atoms with Gasteiger partial charge < -0.3 is 20.4 Å². The van der Waals surface area contributed by atoms with Gasteiger partial charge in [0.05, 0.1) is 11.7 Å². The Kier molecular flexibility index (Phi) is 5.60. The second kappa shape index (κ2) is 7.46. The molecule has 2 atom stereocenters. The number of hydrogen-bond acceptors (Lipinski definition) is 4. The number of phenols is 1. The van der Waals surface area contributed by atoms with Gasteiger partial charge in [0, 0.05) is 13.1 Å². The maximum Gasteiger partial charge on any atom is 0.258 e. The van der Waals surface area contributed by atoms with Crippen LogP contribution in [-0.2, 0) is 4.79 Å². The number of aliphatic hydroxyl groups is 1. The van der Waals surface area contributed by atoms with Crippen LogP contribution in [-0.4, -0.2) is 52.2 Å². The lowest BCUT2D eigenvalue weighted by atomic mass is 10.1. The molecule has 0 aliphatic carbocycles. The summed E-state index contributed by atoms with van der Waals surface area (Å²) in [6.45, 7) is 4.41. The van der Waals surface area contributed by atoms with Crippen molar-refractivity contribution in [2.75, 3.05) is 13.1 Å². The minimum absolute atomic E-state index is 0.0536. The van der Waals surface area contributed by atoms with Gasteiger partial charge in [-0.25, -0.2) is 0 Å². The number of para-hydroxylation sites is 1. The number of likely N-dealkylation sites (tertiary alicyclic amines) is 1. The number of amides is 2. The molecule has 1 aromatic carbocycles. The Morgan fingerprint density at radius 3 is 2.70 bits per heavy atom. The minimum atomic E-state index is -0.609. The first-order valence-electron chi connectivity index (χ1n) is 7.96. The van der Waals surface area contributed by atoms with Gasteiger partial charge >= 0.3 is 0 Å². The molecule has 0 spiro atoms. The smallest absolute Gasteiger partial charge is 0.258 e. The SMILES string of the molecule is CC(C)C(O)CNC(=O)C1CCCN1C(=O)c1ccccc1O. The zero-order valence-electron chi connectivity index (χ0n) is 13.5. The van der Waals surface area contributed by atoms with Crippen LogP contribution < -0.4 is 5.32 Å². The normalized spacial score (nSPS) is 19.0. The Hall–Kier alpha value is -2.08. The molecule has 6 heteroatoms. The number of benzene rings is 1. The molecule has 6 nitrogen and oxygen atoms in total. The van der Waals surface area contributed by atoms with E-state index < -0.39 is 12.1 Å². The minimum Gasteiger partial charge on any atom is -0.507 e. The van der Waals surface area contributed by atoms with Gasteiger partial charge in [0.25, 0.3) is 5.91 Å². The zero-order chi connectivity index (χ0) is 17.0. The molecule has 1 aliphatic heterocycles. The Labute approximate surface area is 136 Å². The van der Waals surface area contributed by atoms with Crippen LogP contribution in [0.4, 0.5) is 0 Å². The molecule has 1 aliphatic rings. The number of nitrogens with zero attached hydrogens (tertiary/aromatic N) is 1. The van der Waals surface area contributed by atoms with Gasteiger partial charge in [-0.15, -0.1) is 0 Å². The monoisotopic (exact) mass is 320 g/mol. The number of aliphatic hydroxyl groups excluding tert-OH is 1. The molecule has 0 aromatic heterocycles. The number of aromatic hydroxyl groups is 1. The number of carbonyl (C=O) groups is 2. The van der Waals surface area contributed by atoms with Crippen molar-refractivity contribution in [2.45, 2.75) is 38.8 Å². The average molecular weight is 320 g/mol. The van der Waals surface area contributed by atoms with E-state index in [1.54, 1.807) is 18.2 Å². The van der Waals surface area contributed by atoms with Gasteiger partial charge in [0.15, 0.2) is 0 Å². The van der Waals surface area contributed by atoms with Crippen molar-refractivity contribution in [1.82, 2.24) is 10.2 Å². The van der Waals surface area contributed by atoms with E-state index in [4.69, 9.17) is 0 Å². The van der Waals surface area contributed by atoms with Crippen LogP contribution in [0.25, 0.3) is 0 Å². The van der Waals surface area contributed by atoms with E-state index in [0.717, 1.165) is 6.42 Å². The number of rotatable bonds is 5. The van der Waals surface area contributed by atoms with Crippen LogP contribution in [0.1, 0.15) is 37.0 Å². The van der Waals surface area contributed by atoms with Crippen molar-refractivity contribution < 1.29 is 19.8 Å². The fourth-order valence-electron chi connectivity index (χ4n) is 2.65. The molecule has 0 bridgehead atoms. The topological polar surface area (TPSA) is 89.9 Å². The third-order valence-corrected chi connectivity index (χ3v) is 4.21. The highest BCUT2D eigenvalue weighted by molar-refractivity contribution is 5.99. The molecule has 23 heavy (non-hydrogen) atoms. The Morgan fingerprint density at radius 2 is 2.04 bits per heavy atom. The average Bonchev–Trinajstić information content (AvgIpc) is 3.01. The van der Waals surface area contributed by atoms with E-state index in [1.807, 2.05) is 13.8 Å². The summed E-state index contributed by atoms with van der Waals surface area (Å²) in [5, 5.41) is 22.3. The quantitative estimate of drug-likeness (QED) is 0.758. The van der Waals surface area contributed by atoms with Crippen molar-refractivity contribution in [3.8, 4) is 5.75 Å². The van der Waals surface area contributed by atoms with E-state index >= 15 is 0 Å². The summed E-state index contributed by atoms with van der Waals surface area (Å²) in [6, 6.07) is 5.77. The molecule has 0 saturated carbocycles. The lowest BCUT2D eigenvalue weighted by Crippen LogP contribution is -2.48. The van der Waals surface area contributed by atoms with Crippen LogP contribution in [0.2, 0.25) is 0 Å². The Morgan fingerprint density at radius 1 is 1.35 bits per heavy atom. The van der Waals surface area contributed by atoms with Crippen LogP contribution >= 0.6 is 0 Å². The summed E-state index contributed by atoms with van der Waals surface area (Å²) in [7, 11) is 0. The third kappa shape index (κ3) is 4.01. The van der Waals surface area contributed by atoms with Gasteiger partial charge in [-0.3, -0.25) is 9.59 Å². The molecule has 2 amide bonds. The first kappa shape index (κ1) is 17.3. The van der Waals surface area contributed by atoms with Gasteiger partial charge in [-0.05, 0) is 30.9 Å². The molecule has 0 radical (unpaired) electrons. The molecule has 126 valence electrons. The van der Waals surface area contributed by atoms with Crippen LogP contribution in [0, 0.1) is 5.92 Å². The number of hydrogen-bond donors (Lipinski definition) is 3. The van der Waals surface area contributed by atoms with Crippen molar-refractivity contribution in [3.05, 3.63) is 29.8 Å². The lowest BCUT2D eigenvalue weighted by molar-refractivity contribution is -0.125. The molecule has 1 heterocycles. The van der Waals surface area contributed by atoms with Crippen molar-refractivity contribution in [3.63, 3.8) is 0 Å². The van der Waals surface area contributed by atoms with Gasteiger partial charge in [0.2, 0.25) is 5.91 Å². The largest absolute Gasteiger partial charge is 0.507 e. The molecular weight excluding hydrogens is 296 g/mol. The van der Waals surface area contributed by atoms with Crippen molar-refractivity contribution in [2.24, 2.45) is 5.92 Å². The summed E-state index contributed by atoms with van der Waals surface area (Å²) < 4.78 is 0. The summed E-state index contributed by atoms with van der Waals surface area (Å²) in [4.78, 5) is 26.4. The Balaban J connectivity index is 2.04. The van der Waals surface area contributed by atoms with Gasteiger partial charge in [-0.1, -0.05) is 26.0 Å². The van der Waals surface area contributed by atoms with Crippen LogP contribution in [0.5, 0.6) is 5.75 Å². The maximum atomic E-state index is 12.6. The second-order valence-electron chi connectivity index (χ2n) is 6.23. The van der Waals surface area contributed by atoms with E-state index in [-0.39, 0.29) is 35.6 Å².